The molecule has 0 saturated heterocycles. The van der Waals surface area contributed by atoms with Crippen LogP contribution in [0.1, 0.15) is 33.4 Å². The van der Waals surface area contributed by atoms with Gasteiger partial charge in [-0.25, -0.2) is 0 Å². The van der Waals surface area contributed by atoms with Gasteiger partial charge in [0, 0.05) is 11.5 Å². The Hall–Kier alpha value is -2.09. The van der Waals surface area contributed by atoms with E-state index in [9.17, 15) is 9.59 Å². The first kappa shape index (κ1) is 22.2. The van der Waals surface area contributed by atoms with E-state index in [1.165, 1.54) is 0 Å². The van der Waals surface area contributed by atoms with E-state index < -0.39 is 0 Å². The molecule has 2 rings (SSSR count). The highest BCUT2D eigenvalue weighted by Crippen LogP contribution is 2.29. The zero-order valence-electron chi connectivity index (χ0n) is 16.3. The van der Waals surface area contributed by atoms with E-state index in [-0.39, 0.29) is 36.2 Å². The van der Waals surface area contributed by atoms with Crippen molar-refractivity contribution in [2.24, 2.45) is 0 Å². The summed E-state index contributed by atoms with van der Waals surface area (Å²) in [4.78, 5) is 26.3. The molecule has 0 aliphatic heterocycles. The molecule has 0 saturated carbocycles. The van der Waals surface area contributed by atoms with Crippen LogP contribution in [0.15, 0.2) is 28.8 Å². The fourth-order valence-electron chi connectivity index (χ4n) is 2.35. The number of likely N-dealkylation sites (N-methyl/N-ethyl adjacent to an activating group) is 1. The summed E-state index contributed by atoms with van der Waals surface area (Å²) in [7, 11) is 0. The van der Waals surface area contributed by atoms with Crippen molar-refractivity contribution in [1.29, 1.82) is 0 Å². The van der Waals surface area contributed by atoms with E-state index in [4.69, 9.17) is 27.7 Å². The predicted molar refractivity (Wildman–Crippen MR) is 111 cm³/mol. The summed E-state index contributed by atoms with van der Waals surface area (Å²) in [6.45, 7) is 8.38. The van der Waals surface area contributed by atoms with Gasteiger partial charge in [-0.15, -0.1) is 0 Å². The predicted octanol–water partition coefficient (Wildman–Crippen LogP) is 4.18. The second-order valence-corrected chi connectivity index (χ2v) is 8.14. The molecule has 2 aromatic rings. The molecule has 28 heavy (non-hydrogen) atoms. The molecule has 0 spiro atoms. The quantitative estimate of drug-likeness (QED) is 0.692. The zero-order chi connectivity index (χ0) is 20.9. The minimum Gasteiger partial charge on any atom is -0.338 e. The van der Waals surface area contributed by atoms with Crippen LogP contribution >= 0.6 is 23.2 Å². The summed E-state index contributed by atoms with van der Waals surface area (Å²) in [6, 6.07) is 6.66. The highest BCUT2D eigenvalue weighted by atomic mass is 35.5. The van der Waals surface area contributed by atoms with Crippen molar-refractivity contribution in [1.82, 2.24) is 10.1 Å². The van der Waals surface area contributed by atoms with Crippen LogP contribution in [0.5, 0.6) is 0 Å². The molecule has 9 heteroatoms. The molecule has 0 atom stereocenters. The van der Waals surface area contributed by atoms with Gasteiger partial charge in [-0.3, -0.25) is 19.8 Å². The molecule has 0 radical (unpaired) electrons. The lowest BCUT2D eigenvalue weighted by atomic mass is 9.92. The van der Waals surface area contributed by atoms with Gasteiger partial charge in [0.25, 0.3) is 0 Å². The smallest absolute Gasteiger partial charge is 0.240 e. The Bertz CT molecular complexity index is 826. The van der Waals surface area contributed by atoms with Crippen LogP contribution in [-0.4, -0.2) is 41.5 Å². The maximum atomic E-state index is 12.3. The highest BCUT2D eigenvalue weighted by Gasteiger charge is 2.21. The number of para-hydroxylation sites is 1. The van der Waals surface area contributed by atoms with Crippen LogP contribution in [0.2, 0.25) is 10.0 Å². The molecule has 152 valence electrons. The van der Waals surface area contributed by atoms with Gasteiger partial charge in [0.05, 0.1) is 34.5 Å². The van der Waals surface area contributed by atoms with Gasteiger partial charge in [0.1, 0.15) is 0 Å². The Morgan fingerprint density at radius 1 is 1.11 bits per heavy atom. The maximum absolute atomic E-state index is 12.3. The Balaban J connectivity index is 1.91. The van der Waals surface area contributed by atoms with Gasteiger partial charge in [0.2, 0.25) is 17.7 Å². The highest BCUT2D eigenvalue weighted by molar-refractivity contribution is 6.39. The standard InChI is InChI=1S/C19H24Cl2N4O3/c1-5-25(11-16(27)23-18-12(20)7-6-8-13(18)21)10-15(26)22-17-9-14(24-28-17)19(2,3)4/h6-9H,5,10-11H2,1-4H3,(H,22,26)(H,23,27). The van der Waals surface area contributed by atoms with Crippen LogP contribution in [0.3, 0.4) is 0 Å². The largest absolute Gasteiger partial charge is 0.338 e. The number of halogens is 2. The van der Waals surface area contributed by atoms with E-state index in [1.54, 1.807) is 29.2 Å². The summed E-state index contributed by atoms with van der Waals surface area (Å²) >= 11 is 12.1. The number of nitrogens with one attached hydrogen (secondary N) is 2. The van der Waals surface area contributed by atoms with Gasteiger partial charge >= 0.3 is 0 Å². The molecule has 1 aromatic heterocycles. The number of rotatable bonds is 7. The number of nitrogens with zero attached hydrogens (tertiary/aromatic N) is 2. The second kappa shape index (κ2) is 9.41. The fourth-order valence-corrected chi connectivity index (χ4v) is 2.84. The van der Waals surface area contributed by atoms with Crippen LogP contribution in [0.4, 0.5) is 11.6 Å². The van der Waals surface area contributed by atoms with Crippen molar-refractivity contribution in [2.45, 2.75) is 33.1 Å². The van der Waals surface area contributed by atoms with E-state index in [0.29, 0.717) is 22.3 Å². The molecule has 1 heterocycles. The molecule has 2 amide bonds. The zero-order valence-corrected chi connectivity index (χ0v) is 17.8. The molecule has 0 aliphatic carbocycles. The van der Waals surface area contributed by atoms with Crippen LogP contribution in [-0.2, 0) is 15.0 Å². The Labute approximate surface area is 174 Å². The molecule has 0 fully saturated rings. The molecule has 0 unspecified atom stereocenters. The average Bonchev–Trinajstić information content (AvgIpc) is 3.06. The van der Waals surface area contributed by atoms with E-state index in [0.717, 1.165) is 5.69 Å². The molecular formula is C19H24Cl2N4O3. The minimum atomic E-state index is -0.320. The van der Waals surface area contributed by atoms with Crippen molar-refractivity contribution in [3.05, 3.63) is 40.0 Å². The first-order chi connectivity index (χ1) is 13.1. The number of amides is 2. The van der Waals surface area contributed by atoms with Gasteiger partial charge in [-0.2, -0.15) is 0 Å². The number of carbonyl (C=O) groups is 2. The van der Waals surface area contributed by atoms with Gasteiger partial charge in [-0.1, -0.05) is 62.1 Å². The molecule has 2 N–H and O–H groups in total. The summed E-state index contributed by atoms with van der Waals surface area (Å²) in [5.41, 5.74) is 0.916. The fraction of sp³-hybridized carbons (Fsp3) is 0.421. The minimum absolute atomic E-state index is 0.00905. The summed E-state index contributed by atoms with van der Waals surface area (Å²) < 4.78 is 5.15. The van der Waals surface area contributed by atoms with Crippen LogP contribution < -0.4 is 10.6 Å². The van der Waals surface area contributed by atoms with E-state index in [2.05, 4.69) is 15.8 Å². The maximum Gasteiger partial charge on any atom is 0.240 e. The third kappa shape index (κ3) is 6.22. The molecule has 7 nitrogen and oxygen atoms in total. The first-order valence-corrected chi connectivity index (χ1v) is 9.59. The van der Waals surface area contributed by atoms with Gasteiger partial charge < -0.3 is 9.84 Å². The monoisotopic (exact) mass is 426 g/mol. The number of hydrogen-bond donors (Lipinski definition) is 2. The summed E-state index contributed by atoms with van der Waals surface area (Å²) in [5.74, 6) is -0.348. The second-order valence-electron chi connectivity index (χ2n) is 7.32. The lowest BCUT2D eigenvalue weighted by Gasteiger charge is -2.19. The third-order valence-electron chi connectivity index (χ3n) is 3.95. The SMILES string of the molecule is CCN(CC(=O)Nc1cc(C(C)(C)C)no1)CC(=O)Nc1c(Cl)cccc1Cl. The topological polar surface area (TPSA) is 87.5 Å². The normalized spacial score (nSPS) is 11.5. The van der Waals surface area contributed by atoms with E-state index >= 15 is 0 Å². The number of hydrogen-bond acceptors (Lipinski definition) is 5. The van der Waals surface area contributed by atoms with Crippen LogP contribution in [0, 0.1) is 0 Å². The Morgan fingerprint density at radius 2 is 1.68 bits per heavy atom. The van der Waals surface area contributed by atoms with Crippen molar-refractivity contribution in [3.8, 4) is 0 Å². The molecular weight excluding hydrogens is 403 g/mol. The Kier molecular flexibility index (Phi) is 7.46. The van der Waals surface area contributed by atoms with Crippen molar-refractivity contribution in [2.75, 3.05) is 30.3 Å². The van der Waals surface area contributed by atoms with Gasteiger partial charge in [0.15, 0.2) is 0 Å². The van der Waals surface area contributed by atoms with Crippen molar-refractivity contribution in [3.63, 3.8) is 0 Å². The third-order valence-corrected chi connectivity index (χ3v) is 4.58. The lowest BCUT2D eigenvalue weighted by molar-refractivity contribution is -0.120. The molecule has 0 bridgehead atoms. The summed E-state index contributed by atoms with van der Waals surface area (Å²) in [5, 5.41) is 9.99. The van der Waals surface area contributed by atoms with Crippen molar-refractivity contribution < 1.29 is 14.1 Å². The number of anilines is 2. The number of benzene rings is 1. The molecule has 0 aliphatic rings. The summed E-state index contributed by atoms with van der Waals surface area (Å²) in [6.07, 6.45) is 0. The first-order valence-electron chi connectivity index (χ1n) is 8.83. The Morgan fingerprint density at radius 3 is 2.18 bits per heavy atom. The molecule has 1 aromatic carbocycles. The number of aromatic nitrogens is 1. The lowest BCUT2D eigenvalue weighted by Crippen LogP contribution is -2.38. The number of carbonyl (C=O) groups excluding carboxylic acids is 2. The van der Waals surface area contributed by atoms with Gasteiger partial charge in [-0.05, 0) is 18.7 Å². The van der Waals surface area contributed by atoms with E-state index in [1.807, 2.05) is 27.7 Å². The van der Waals surface area contributed by atoms with Crippen molar-refractivity contribution >= 4 is 46.6 Å². The average molecular weight is 427 g/mol. The van der Waals surface area contributed by atoms with Crippen LogP contribution in [0.25, 0.3) is 0 Å².